The summed E-state index contributed by atoms with van der Waals surface area (Å²) in [7, 11) is 0. The van der Waals surface area contributed by atoms with E-state index in [1.165, 1.54) is 49.2 Å². The van der Waals surface area contributed by atoms with Crippen LogP contribution in [0.15, 0.2) is 144 Å². The summed E-state index contributed by atoms with van der Waals surface area (Å²) in [4.78, 5) is 61.5. The number of aromatic carboxylic acids is 1. The van der Waals surface area contributed by atoms with Crippen LogP contribution in [-0.2, 0) is 26.1 Å². The topological polar surface area (TPSA) is 216 Å². The number of benzene rings is 2. The van der Waals surface area contributed by atoms with Crippen molar-refractivity contribution in [1.82, 2.24) is 48.3 Å². The fraction of sp³-hybridized carbons (Fsp3) is 0.216. The lowest BCUT2D eigenvalue weighted by molar-refractivity contribution is 0.0696. The van der Waals surface area contributed by atoms with Gasteiger partial charge in [0.25, 0.3) is 0 Å². The Bertz CT molecular complexity index is 3570. The Morgan fingerprint density at radius 2 is 1.12 bits per heavy atom. The highest BCUT2D eigenvalue weighted by molar-refractivity contribution is 5.96. The minimum atomic E-state index is -0.967. The number of carbonyl (C=O) groups excluding carboxylic acids is 1. The normalized spacial score (nSPS) is 13.4. The summed E-state index contributed by atoms with van der Waals surface area (Å²) in [6.07, 6.45) is 20.5. The van der Waals surface area contributed by atoms with Crippen LogP contribution in [0, 0.1) is 0 Å². The molecule has 336 valence electrons. The lowest BCUT2D eigenvalue weighted by Crippen LogP contribution is -2.08. The zero-order valence-corrected chi connectivity index (χ0v) is 36.5. The van der Waals surface area contributed by atoms with Gasteiger partial charge in [0.15, 0.2) is 5.78 Å². The molecule has 12 rings (SSSR count). The molecule has 0 bridgehead atoms. The Hall–Kier alpha value is -8.24. The summed E-state index contributed by atoms with van der Waals surface area (Å²) in [5.74, 6) is 0.455. The number of rotatable bonds is 12. The highest BCUT2D eigenvalue weighted by Crippen LogP contribution is 2.40. The number of aromatic nitrogens is 10. The monoisotopic (exact) mass is 893 g/mol. The molecule has 5 N–H and O–H groups in total. The molecular weight excluding hydrogens is 847 g/mol. The number of pyridine rings is 4. The zero-order valence-electron chi connectivity index (χ0n) is 36.5. The number of fused-ring (bicyclic) bond motifs is 4. The Balaban J connectivity index is 0.000000131. The number of ketones is 1. The number of para-hydroxylation sites is 2. The molecule has 0 saturated heterocycles. The molecule has 0 aliphatic heterocycles. The van der Waals surface area contributed by atoms with Crippen molar-refractivity contribution in [3.05, 3.63) is 200 Å². The first kappa shape index (κ1) is 42.7. The number of aromatic amines is 2. The largest absolute Gasteiger partial charge is 0.478 e. The molecule has 67 heavy (non-hydrogen) atoms. The van der Waals surface area contributed by atoms with E-state index < -0.39 is 5.97 Å². The third-order valence-electron chi connectivity index (χ3n) is 12.1. The summed E-state index contributed by atoms with van der Waals surface area (Å²) in [6, 6.07) is 26.8. The van der Waals surface area contributed by atoms with Gasteiger partial charge in [-0.2, -0.15) is 10.2 Å². The van der Waals surface area contributed by atoms with Gasteiger partial charge in [0.2, 0.25) is 11.1 Å². The molecule has 0 unspecified atom stereocenters. The second kappa shape index (κ2) is 18.3. The number of imidazole rings is 2. The van der Waals surface area contributed by atoms with Crippen LogP contribution in [0.25, 0.3) is 33.1 Å². The molecule has 2 aromatic carbocycles. The molecule has 16 heteroatoms. The number of nitrogens with one attached hydrogen (secondary N) is 2. The first-order valence-corrected chi connectivity index (χ1v) is 22.3. The van der Waals surface area contributed by atoms with Gasteiger partial charge in [-0.05, 0) is 90.5 Å². The summed E-state index contributed by atoms with van der Waals surface area (Å²) >= 11 is 0. The molecule has 2 saturated carbocycles. The number of carbonyl (C=O) groups is 2. The number of aryl methyl sites for hydroxylation is 1. The van der Waals surface area contributed by atoms with Crippen LogP contribution in [0.1, 0.15) is 98.3 Å². The van der Waals surface area contributed by atoms with Crippen molar-refractivity contribution in [2.24, 2.45) is 5.73 Å². The van der Waals surface area contributed by atoms with Gasteiger partial charge in [0.1, 0.15) is 11.3 Å². The highest BCUT2D eigenvalue weighted by atomic mass is 16.4. The molecule has 16 nitrogen and oxygen atoms in total. The van der Waals surface area contributed by atoms with E-state index >= 15 is 0 Å². The van der Waals surface area contributed by atoms with Gasteiger partial charge >= 0.3 is 5.97 Å². The zero-order chi connectivity index (χ0) is 46.0. The van der Waals surface area contributed by atoms with Crippen LogP contribution in [0.2, 0.25) is 0 Å². The molecule has 0 amide bonds. The Kier molecular flexibility index (Phi) is 11.7. The van der Waals surface area contributed by atoms with Crippen LogP contribution in [0.3, 0.4) is 0 Å². The molecule has 0 spiro atoms. The van der Waals surface area contributed by atoms with Crippen molar-refractivity contribution in [3.8, 4) is 0 Å². The average Bonchev–Trinajstić information content (AvgIpc) is 4.17. The van der Waals surface area contributed by atoms with E-state index in [2.05, 4.69) is 65.1 Å². The maximum Gasteiger partial charge on any atom is 0.338 e. The van der Waals surface area contributed by atoms with Gasteiger partial charge in [-0.3, -0.25) is 23.7 Å². The molecule has 2 aliphatic carbocycles. The summed E-state index contributed by atoms with van der Waals surface area (Å²) in [6.45, 7) is 1.37. The van der Waals surface area contributed by atoms with Crippen LogP contribution in [-0.4, -0.2) is 65.2 Å². The quantitative estimate of drug-likeness (QED) is 0.0901. The van der Waals surface area contributed by atoms with Gasteiger partial charge < -0.3 is 29.6 Å². The number of hydrogen-bond donors (Lipinski definition) is 4. The predicted molar refractivity (Wildman–Crippen MR) is 254 cm³/mol. The second-order valence-corrected chi connectivity index (χ2v) is 17.2. The number of carboxylic acids is 1. The van der Waals surface area contributed by atoms with E-state index in [0.717, 1.165) is 55.6 Å². The van der Waals surface area contributed by atoms with Crippen LogP contribution < -0.4 is 16.9 Å². The van der Waals surface area contributed by atoms with Crippen molar-refractivity contribution < 1.29 is 14.7 Å². The SMILES string of the molecule is NCc1cc(=O)[nH]c2ccccc12.O=C(CCc1cc(=O)[nH]c2ccccc12)c1cnn(Cc2cn3cc(C4CC4)ccc3n2)c1.O=C(O)c1cnn(Cc2cn3cc(C4CC4)ccc3n2)c1. The highest BCUT2D eigenvalue weighted by Gasteiger charge is 2.25. The predicted octanol–water partition coefficient (Wildman–Crippen LogP) is 7.26. The number of carboxylic acid groups (broad SMARTS) is 1. The summed E-state index contributed by atoms with van der Waals surface area (Å²) in [5.41, 5.74) is 15.8. The number of H-pyrrole nitrogens is 2. The summed E-state index contributed by atoms with van der Waals surface area (Å²) < 4.78 is 7.45. The van der Waals surface area contributed by atoms with Crippen LogP contribution in [0.5, 0.6) is 0 Å². The lowest BCUT2D eigenvalue weighted by atomic mass is 10.0. The van der Waals surface area contributed by atoms with Crippen molar-refractivity contribution in [2.45, 2.75) is 70.0 Å². The fourth-order valence-electron chi connectivity index (χ4n) is 8.40. The van der Waals surface area contributed by atoms with E-state index in [1.54, 1.807) is 33.9 Å². The fourth-order valence-corrected chi connectivity index (χ4v) is 8.40. The minimum Gasteiger partial charge on any atom is -0.478 e. The molecular formula is C51H47N11O5. The maximum absolute atomic E-state index is 12.8. The number of Topliss-reactive ketones (excluding diaryl/α,β-unsaturated/α-hetero) is 1. The third kappa shape index (κ3) is 9.89. The molecule has 2 aliphatic rings. The van der Waals surface area contributed by atoms with E-state index in [-0.39, 0.29) is 22.5 Å². The Morgan fingerprint density at radius 3 is 1.63 bits per heavy atom. The van der Waals surface area contributed by atoms with Crippen molar-refractivity contribution >= 4 is 44.9 Å². The number of nitrogens with zero attached hydrogens (tertiary/aromatic N) is 8. The standard InChI is InChI=1S/C26H23N5O2.C15H14N4O2.C10H10N2O/c32-24(9-7-18-11-26(33)29-23-4-2-1-3-22(18)23)20-12-27-31(14-20)16-21-15-30-13-19(17-5-6-17)8-10-25(30)28-21;20-15(21)12-5-16-19(7-12)9-13-8-18-6-11(10-1-2-10)3-4-14(18)17-13;11-6-7-5-10(13)12-9-4-2-1-3-8(7)9/h1-4,8,10-15,17H,5-7,9,16H2,(H,29,33);3-8,10H,1-2,9H2,(H,20,21);1-5H,6,11H2,(H,12,13). The number of nitrogens with two attached hydrogens (primary N) is 1. The number of hydrogen-bond acceptors (Lipinski definition) is 9. The van der Waals surface area contributed by atoms with Crippen LogP contribution >= 0.6 is 0 Å². The molecule has 2 fully saturated rings. The van der Waals surface area contributed by atoms with Crippen molar-refractivity contribution in [1.29, 1.82) is 0 Å². The first-order valence-electron chi connectivity index (χ1n) is 22.3. The Labute approximate surface area is 382 Å². The Morgan fingerprint density at radius 1 is 0.627 bits per heavy atom. The smallest absolute Gasteiger partial charge is 0.338 e. The van der Waals surface area contributed by atoms with Gasteiger partial charge in [-0.15, -0.1) is 0 Å². The van der Waals surface area contributed by atoms with Crippen LogP contribution in [0.4, 0.5) is 0 Å². The average molecular weight is 894 g/mol. The molecule has 8 aromatic heterocycles. The van der Waals surface area contributed by atoms with Gasteiger partial charge in [0.05, 0.1) is 48.0 Å². The molecule has 8 heterocycles. The lowest BCUT2D eigenvalue weighted by Gasteiger charge is -2.05. The summed E-state index contributed by atoms with van der Waals surface area (Å²) in [5, 5.41) is 19.3. The van der Waals surface area contributed by atoms with E-state index in [4.69, 9.17) is 10.8 Å². The van der Waals surface area contributed by atoms with Gasteiger partial charge in [-0.1, -0.05) is 48.5 Å². The van der Waals surface area contributed by atoms with Gasteiger partial charge in [0, 0.05) is 84.1 Å². The molecule has 0 atom stereocenters. The van der Waals surface area contributed by atoms with Crippen molar-refractivity contribution in [2.75, 3.05) is 0 Å². The molecule has 10 aromatic rings. The first-order chi connectivity index (χ1) is 32.6. The van der Waals surface area contributed by atoms with E-state index in [0.29, 0.717) is 49.9 Å². The third-order valence-corrected chi connectivity index (χ3v) is 12.1. The van der Waals surface area contributed by atoms with E-state index in [1.807, 2.05) is 71.4 Å². The maximum atomic E-state index is 12.8. The van der Waals surface area contributed by atoms with E-state index in [9.17, 15) is 19.2 Å². The van der Waals surface area contributed by atoms with Gasteiger partial charge in [-0.25, -0.2) is 14.8 Å². The molecule has 0 radical (unpaired) electrons. The second-order valence-electron chi connectivity index (χ2n) is 17.2. The minimum absolute atomic E-state index is 0.00897. The van der Waals surface area contributed by atoms with Crippen molar-refractivity contribution in [3.63, 3.8) is 0 Å².